The summed E-state index contributed by atoms with van der Waals surface area (Å²) in [7, 11) is 0. The van der Waals surface area contributed by atoms with E-state index in [0.29, 0.717) is 0 Å². The van der Waals surface area contributed by atoms with Crippen molar-refractivity contribution in [2.75, 3.05) is 0 Å². The fraction of sp³-hybridized carbons (Fsp3) is 0.222. The van der Waals surface area contributed by atoms with E-state index in [1.54, 1.807) is 0 Å². The van der Waals surface area contributed by atoms with Crippen LogP contribution in [0.2, 0.25) is 0 Å². The molecule has 1 N–H and O–H groups in total. The number of aromatic amines is 1. The van der Waals surface area contributed by atoms with Crippen molar-refractivity contribution in [1.29, 1.82) is 0 Å². The van der Waals surface area contributed by atoms with Gasteiger partial charge >= 0.3 is 0 Å². The van der Waals surface area contributed by atoms with E-state index in [1.165, 1.54) is 22.0 Å². The summed E-state index contributed by atoms with van der Waals surface area (Å²) >= 11 is 0. The lowest BCUT2D eigenvalue weighted by Gasteiger charge is -2.13. The number of ether oxygens (including phenoxy) is 1. The van der Waals surface area contributed by atoms with Crippen molar-refractivity contribution in [3.05, 3.63) is 71.9 Å². The second-order valence-corrected chi connectivity index (χ2v) is 5.39. The topological polar surface area (TPSA) is 25.0 Å². The van der Waals surface area contributed by atoms with Crippen molar-refractivity contribution in [3.63, 3.8) is 0 Å². The van der Waals surface area contributed by atoms with Crippen molar-refractivity contribution >= 4 is 10.9 Å². The predicted octanol–water partition coefficient (Wildman–Crippen LogP) is 4.76. The minimum Gasteiger partial charge on any atom is -0.366 e. The average Bonchev–Trinajstić information content (AvgIpc) is 3.14. The van der Waals surface area contributed by atoms with Gasteiger partial charge < -0.3 is 9.72 Å². The predicted molar refractivity (Wildman–Crippen MR) is 80.5 cm³/mol. The minimum atomic E-state index is 0.205. The van der Waals surface area contributed by atoms with Gasteiger partial charge in [0.15, 0.2) is 0 Å². The zero-order chi connectivity index (χ0) is 13.4. The van der Waals surface area contributed by atoms with E-state index >= 15 is 0 Å². The molecule has 3 aromatic rings. The van der Waals surface area contributed by atoms with Gasteiger partial charge in [0.1, 0.15) is 0 Å². The van der Waals surface area contributed by atoms with E-state index in [9.17, 15) is 0 Å². The van der Waals surface area contributed by atoms with Crippen molar-refractivity contribution < 1.29 is 4.74 Å². The van der Waals surface area contributed by atoms with Gasteiger partial charge in [-0.25, -0.2) is 0 Å². The maximum atomic E-state index is 6.28. The highest BCUT2D eigenvalue weighted by Crippen LogP contribution is 2.42. The summed E-state index contributed by atoms with van der Waals surface area (Å²) in [5, 5.41) is 1.28. The number of hydrogen-bond donors (Lipinski definition) is 1. The number of fused-ring (bicyclic) bond motifs is 1. The summed E-state index contributed by atoms with van der Waals surface area (Å²) in [4.78, 5) is 3.34. The van der Waals surface area contributed by atoms with Gasteiger partial charge in [0.05, 0.1) is 12.2 Å². The van der Waals surface area contributed by atoms with Crippen LogP contribution in [0.15, 0.2) is 60.8 Å². The summed E-state index contributed by atoms with van der Waals surface area (Å²) in [6, 6.07) is 19.0. The fourth-order valence-corrected chi connectivity index (χ4v) is 3.14. The Bertz CT molecular complexity index is 716. The van der Waals surface area contributed by atoms with Gasteiger partial charge in [-0.3, -0.25) is 0 Å². The van der Waals surface area contributed by atoms with Crippen molar-refractivity contribution in [2.45, 2.75) is 25.0 Å². The third-order valence-electron chi connectivity index (χ3n) is 4.16. The van der Waals surface area contributed by atoms with Gasteiger partial charge in [0.25, 0.3) is 0 Å². The third-order valence-corrected chi connectivity index (χ3v) is 4.16. The largest absolute Gasteiger partial charge is 0.366 e. The molecular weight excluding hydrogens is 246 g/mol. The summed E-state index contributed by atoms with van der Waals surface area (Å²) in [5.74, 6) is 0. The van der Waals surface area contributed by atoms with Gasteiger partial charge in [0.2, 0.25) is 0 Å². The lowest BCUT2D eigenvalue weighted by molar-refractivity contribution is 0.0449. The second kappa shape index (κ2) is 4.80. The Labute approximate surface area is 118 Å². The molecule has 2 nitrogen and oxygen atoms in total. The van der Waals surface area contributed by atoms with Crippen LogP contribution in [0.5, 0.6) is 0 Å². The molecule has 4 rings (SSSR count). The first-order valence-corrected chi connectivity index (χ1v) is 7.18. The van der Waals surface area contributed by atoms with E-state index < -0.39 is 0 Å². The number of aromatic nitrogens is 1. The van der Waals surface area contributed by atoms with Crippen molar-refractivity contribution in [1.82, 2.24) is 4.98 Å². The Morgan fingerprint density at radius 1 is 0.850 bits per heavy atom. The molecule has 1 fully saturated rings. The van der Waals surface area contributed by atoms with Crippen LogP contribution in [0.3, 0.4) is 0 Å². The maximum absolute atomic E-state index is 6.28. The molecule has 100 valence electrons. The molecule has 0 aliphatic carbocycles. The Morgan fingerprint density at radius 2 is 1.60 bits per heavy atom. The molecule has 2 atom stereocenters. The normalized spacial score (nSPS) is 22.4. The number of benzene rings is 2. The van der Waals surface area contributed by atoms with Crippen LogP contribution in [0, 0.1) is 0 Å². The quantitative estimate of drug-likeness (QED) is 0.708. The maximum Gasteiger partial charge on any atom is 0.0855 e. The Morgan fingerprint density at radius 3 is 2.50 bits per heavy atom. The molecule has 0 amide bonds. The molecule has 2 unspecified atom stereocenters. The molecule has 2 heterocycles. The second-order valence-electron chi connectivity index (χ2n) is 5.39. The van der Waals surface area contributed by atoms with Crippen LogP contribution in [-0.2, 0) is 4.74 Å². The van der Waals surface area contributed by atoms with Crippen molar-refractivity contribution in [3.8, 4) is 0 Å². The number of nitrogens with one attached hydrogen (secondary N) is 1. The van der Waals surface area contributed by atoms with Gasteiger partial charge in [-0.05, 0) is 24.5 Å². The highest BCUT2D eigenvalue weighted by Gasteiger charge is 2.28. The van der Waals surface area contributed by atoms with E-state index in [4.69, 9.17) is 4.74 Å². The van der Waals surface area contributed by atoms with Crippen LogP contribution in [0.1, 0.15) is 36.2 Å². The highest BCUT2D eigenvalue weighted by molar-refractivity contribution is 5.83. The fourth-order valence-electron chi connectivity index (χ4n) is 3.14. The zero-order valence-corrected chi connectivity index (χ0v) is 11.3. The lowest BCUT2D eigenvalue weighted by atomic mass is 10.0. The first kappa shape index (κ1) is 11.7. The van der Waals surface area contributed by atoms with Gasteiger partial charge in [-0.15, -0.1) is 0 Å². The monoisotopic (exact) mass is 263 g/mol. The number of hydrogen-bond acceptors (Lipinski definition) is 1. The summed E-state index contributed by atoms with van der Waals surface area (Å²) in [6.45, 7) is 0. The van der Waals surface area contributed by atoms with E-state index in [2.05, 4.69) is 65.8 Å². The first-order valence-electron chi connectivity index (χ1n) is 7.18. The lowest BCUT2D eigenvalue weighted by Crippen LogP contribution is -1.98. The van der Waals surface area contributed by atoms with Crippen molar-refractivity contribution in [2.24, 2.45) is 0 Å². The summed E-state index contributed by atoms with van der Waals surface area (Å²) in [6.07, 6.45) is 4.71. The molecule has 0 bridgehead atoms. The summed E-state index contributed by atoms with van der Waals surface area (Å²) < 4.78 is 6.28. The van der Waals surface area contributed by atoms with Crippen LogP contribution >= 0.6 is 0 Å². The molecule has 1 aliphatic rings. The molecule has 1 aromatic heterocycles. The molecule has 0 saturated carbocycles. The Hall–Kier alpha value is -2.06. The Balaban J connectivity index is 1.62. The van der Waals surface area contributed by atoms with Gasteiger partial charge in [-0.2, -0.15) is 0 Å². The number of rotatable bonds is 2. The standard InChI is InChI=1S/C18H17NO/c1-2-6-13(7-3-1)17-10-11-18(20-17)15-12-19-16-9-5-4-8-14(15)16/h1-9,12,17-19H,10-11H2. The van der Waals surface area contributed by atoms with Gasteiger partial charge in [0, 0.05) is 22.7 Å². The van der Waals surface area contributed by atoms with E-state index in [0.717, 1.165) is 12.8 Å². The zero-order valence-electron chi connectivity index (χ0n) is 11.3. The number of para-hydroxylation sites is 1. The number of H-pyrrole nitrogens is 1. The third kappa shape index (κ3) is 1.93. The summed E-state index contributed by atoms with van der Waals surface area (Å²) in [5.41, 5.74) is 3.77. The molecule has 2 heteroatoms. The molecule has 2 aromatic carbocycles. The van der Waals surface area contributed by atoms with Crippen LogP contribution in [0.4, 0.5) is 0 Å². The highest BCUT2D eigenvalue weighted by atomic mass is 16.5. The minimum absolute atomic E-state index is 0.205. The van der Waals surface area contributed by atoms with Crippen LogP contribution in [-0.4, -0.2) is 4.98 Å². The molecule has 20 heavy (non-hydrogen) atoms. The van der Waals surface area contributed by atoms with E-state index in [-0.39, 0.29) is 12.2 Å². The molecule has 0 radical (unpaired) electrons. The molecule has 1 aliphatic heterocycles. The van der Waals surface area contributed by atoms with Crippen LogP contribution < -0.4 is 0 Å². The van der Waals surface area contributed by atoms with Gasteiger partial charge in [-0.1, -0.05) is 48.5 Å². The van der Waals surface area contributed by atoms with E-state index in [1.807, 2.05) is 0 Å². The molecular formula is C18H17NO. The SMILES string of the molecule is c1ccc(C2CCC(c3c[nH]c4ccccc34)O2)cc1. The average molecular weight is 263 g/mol. The Kier molecular flexibility index (Phi) is 2.82. The molecule has 1 saturated heterocycles. The first-order chi connectivity index (χ1) is 9.92. The smallest absolute Gasteiger partial charge is 0.0855 e. The molecule has 0 spiro atoms. The van der Waals surface area contributed by atoms with Crippen LogP contribution in [0.25, 0.3) is 10.9 Å².